The first-order valence-electron chi connectivity index (χ1n) is 11.4. The number of hydrogen-bond donors (Lipinski definition) is 0. The third-order valence-corrected chi connectivity index (χ3v) is 9.31. The standard InChI is InChI=1S/C22H36F2O2S/c1-2-3-12-25-17-10-8-15-16-9-11-18(26-13-14-6-4-5-7-14)20(24)22(16)27-21(15)19(17)23/h14-22H,2-13H2,1H3. The molecule has 0 aromatic carbocycles. The fourth-order valence-electron chi connectivity index (χ4n) is 5.87. The molecular formula is C22H36F2O2S. The van der Waals surface area contributed by atoms with Crippen LogP contribution in [0.15, 0.2) is 0 Å². The van der Waals surface area contributed by atoms with E-state index in [9.17, 15) is 0 Å². The van der Waals surface area contributed by atoms with Crippen molar-refractivity contribution in [1.29, 1.82) is 0 Å². The number of hydrogen-bond acceptors (Lipinski definition) is 3. The van der Waals surface area contributed by atoms with Crippen molar-refractivity contribution in [2.24, 2.45) is 17.8 Å². The van der Waals surface area contributed by atoms with Gasteiger partial charge >= 0.3 is 0 Å². The number of ether oxygens (including phenoxy) is 2. The molecule has 4 rings (SSSR count). The van der Waals surface area contributed by atoms with Gasteiger partial charge in [0.2, 0.25) is 0 Å². The molecule has 8 unspecified atom stereocenters. The first kappa shape index (κ1) is 20.4. The van der Waals surface area contributed by atoms with Gasteiger partial charge in [-0.25, -0.2) is 8.78 Å². The van der Waals surface area contributed by atoms with Crippen LogP contribution in [-0.2, 0) is 9.47 Å². The zero-order valence-electron chi connectivity index (χ0n) is 16.7. The molecule has 0 spiro atoms. The molecule has 0 bridgehead atoms. The van der Waals surface area contributed by atoms with Gasteiger partial charge in [0.25, 0.3) is 0 Å². The number of halogens is 2. The monoisotopic (exact) mass is 402 g/mol. The van der Waals surface area contributed by atoms with Gasteiger partial charge in [-0.05, 0) is 62.7 Å². The summed E-state index contributed by atoms with van der Waals surface area (Å²) in [6.45, 7) is 3.50. The van der Waals surface area contributed by atoms with Crippen molar-refractivity contribution >= 4 is 11.8 Å². The number of rotatable bonds is 7. The number of unbranched alkanes of at least 4 members (excludes halogenated alkanes) is 1. The van der Waals surface area contributed by atoms with E-state index in [4.69, 9.17) is 9.47 Å². The largest absolute Gasteiger partial charge is 0.375 e. The molecule has 0 radical (unpaired) electrons. The van der Waals surface area contributed by atoms with Crippen LogP contribution in [0.5, 0.6) is 0 Å². The molecule has 8 atom stereocenters. The van der Waals surface area contributed by atoms with Gasteiger partial charge in [0.1, 0.15) is 12.3 Å². The normalized spacial score (nSPS) is 45.0. The SMILES string of the molecule is CCCCOC1CCC2C3CCC(OCC4CCCC4)C(F)C3SC2C1F. The minimum atomic E-state index is -0.943. The summed E-state index contributed by atoms with van der Waals surface area (Å²) in [4.78, 5) is 0. The van der Waals surface area contributed by atoms with Crippen LogP contribution in [-0.4, -0.2) is 48.3 Å². The summed E-state index contributed by atoms with van der Waals surface area (Å²) in [5.41, 5.74) is 0. The first-order valence-corrected chi connectivity index (χ1v) is 12.3. The Morgan fingerprint density at radius 2 is 1.41 bits per heavy atom. The van der Waals surface area contributed by atoms with E-state index in [1.165, 1.54) is 25.7 Å². The maximum Gasteiger partial charge on any atom is 0.138 e. The van der Waals surface area contributed by atoms with Crippen LogP contribution in [0.3, 0.4) is 0 Å². The Kier molecular flexibility index (Phi) is 7.03. The molecule has 0 N–H and O–H groups in total. The Morgan fingerprint density at radius 3 is 2.00 bits per heavy atom. The highest BCUT2D eigenvalue weighted by Gasteiger charge is 2.56. The Labute approximate surface area is 167 Å². The zero-order valence-corrected chi connectivity index (χ0v) is 17.5. The predicted octanol–water partition coefficient (Wildman–Crippen LogP) is 5.73. The van der Waals surface area contributed by atoms with Crippen LogP contribution in [0.4, 0.5) is 8.78 Å². The Hall–Kier alpha value is 0.130. The molecule has 1 heterocycles. The second-order valence-electron chi connectivity index (χ2n) is 9.22. The van der Waals surface area contributed by atoms with Crippen LogP contribution in [0.25, 0.3) is 0 Å². The maximum atomic E-state index is 15.3. The van der Waals surface area contributed by atoms with Gasteiger partial charge in [-0.2, -0.15) is 0 Å². The van der Waals surface area contributed by atoms with Crippen molar-refractivity contribution < 1.29 is 18.3 Å². The summed E-state index contributed by atoms with van der Waals surface area (Å²) >= 11 is 1.59. The van der Waals surface area contributed by atoms with Gasteiger partial charge < -0.3 is 9.47 Å². The smallest absolute Gasteiger partial charge is 0.138 e. The highest BCUT2D eigenvalue weighted by molar-refractivity contribution is 8.00. The Morgan fingerprint density at radius 1 is 0.815 bits per heavy atom. The number of thioether (sulfide) groups is 1. The van der Waals surface area contributed by atoms with Crippen LogP contribution in [0, 0.1) is 17.8 Å². The van der Waals surface area contributed by atoms with Crippen LogP contribution in [0.1, 0.15) is 71.1 Å². The molecule has 4 aliphatic rings. The number of fused-ring (bicyclic) bond motifs is 3. The highest BCUT2D eigenvalue weighted by Crippen LogP contribution is 2.56. The molecule has 0 aromatic heterocycles. The van der Waals surface area contributed by atoms with E-state index in [-0.39, 0.29) is 22.7 Å². The molecule has 0 amide bonds. The van der Waals surface area contributed by atoms with Crippen molar-refractivity contribution in [2.45, 2.75) is 106 Å². The molecule has 5 heteroatoms. The number of alkyl halides is 2. The van der Waals surface area contributed by atoms with Crippen molar-refractivity contribution in [2.75, 3.05) is 13.2 Å². The fourth-order valence-corrected chi connectivity index (χ4v) is 7.96. The molecular weight excluding hydrogens is 366 g/mol. The summed E-state index contributed by atoms with van der Waals surface area (Å²) in [6, 6.07) is 0. The van der Waals surface area contributed by atoms with E-state index < -0.39 is 12.3 Å². The lowest BCUT2D eigenvalue weighted by Crippen LogP contribution is -2.45. The first-order chi connectivity index (χ1) is 13.2. The van der Waals surface area contributed by atoms with E-state index in [0.29, 0.717) is 24.4 Å². The summed E-state index contributed by atoms with van der Waals surface area (Å²) in [6.07, 6.45) is 8.29. The van der Waals surface area contributed by atoms with Crippen LogP contribution in [0.2, 0.25) is 0 Å². The van der Waals surface area contributed by atoms with E-state index >= 15 is 8.78 Å². The van der Waals surface area contributed by atoms with Gasteiger partial charge in [-0.3, -0.25) is 0 Å². The molecule has 1 aliphatic heterocycles. The van der Waals surface area contributed by atoms with E-state index in [1.807, 2.05) is 0 Å². The van der Waals surface area contributed by atoms with Gasteiger partial charge in [-0.15, -0.1) is 11.8 Å². The molecule has 0 aromatic rings. The predicted molar refractivity (Wildman–Crippen MR) is 107 cm³/mol. The van der Waals surface area contributed by atoms with Gasteiger partial charge in [-0.1, -0.05) is 26.2 Å². The second kappa shape index (κ2) is 9.30. The Balaban J connectivity index is 1.32. The summed E-state index contributed by atoms with van der Waals surface area (Å²) in [5.74, 6) is 1.29. The average Bonchev–Trinajstić information content (AvgIpc) is 3.31. The fraction of sp³-hybridized carbons (Fsp3) is 1.00. The lowest BCUT2D eigenvalue weighted by molar-refractivity contribution is -0.0605. The summed E-state index contributed by atoms with van der Waals surface area (Å²) in [5, 5.41) is -0.151. The summed E-state index contributed by atoms with van der Waals surface area (Å²) < 4.78 is 42.3. The molecule has 156 valence electrons. The molecule has 3 saturated carbocycles. The van der Waals surface area contributed by atoms with E-state index in [0.717, 1.165) is 45.1 Å². The van der Waals surface area contributed by atoms with Gasteiger partial charge in [0.05, 0.1) is 12.2 Å². The minimum Gasteiger partial charge on any atom is -0.375 e. The van der Waals surface area contributed by atoms with Crippen molar-refractivity contribution in [1.82, 2.24) is 0 Å². The second-order valence-corrected chi connectivity index (χ2v) is 10.6. The molecule has 4 fully saturated rings. The molecule has 2 nitrogen and oxygen atoms in total. The molecule has 1 saturated heterocycles. The third kappa shape index (κ3) is 4.35. The minimum absolute atomic E-state index is 0.0741. The zero-order chi connectivity index (χ0) is 18.8. The van der Waals surface area contributed by atoms with Crippen LogP contribution < -0.4 is 0 Å². The highest BCUT2D eigenvalue weighted by atomic mass is 32.2. The van der Waals surface area contributed by atoms with Gasteiger partial charge in [0.15, 0.2) is 0 Å². The molecule has 3 aliphatic carbocycles. The van der Waals surface area contributed by atoms with Crippen LogP contribution >= 0.6 is 11.8 Å². The van der Waals surface area contributed by atoms with Crippen molar-refractivity contribution in [3.8, 4) is 0 Å². The third-order valence-electron chi connectivity index (χ3n) is 7.47. The van der Waals surface area contributed by atoms with Crippen molar-refractivity contribution in [3.05, 3.63) is 0 Å². The van der Waals surface area contributed by atoms with Crippen molar-refractivity contribution in [3.63, 3.8) is 0 Å². The maximum absolute atomic E-state index is 15.3. The van der Waals surface area contributed by atoms with E-state index in [1.54, 1.807) is 11.8 Å². The lowest BCUT2D eigenvalue weighted by atomic mass is 9.71. The average molecular weight is 403 g/mol. The van der Waals surface area contributed by atoms with E-state index in [2.05, 4.69) is 6.92 Å². The quantitative estimate of drug-likeness (QED) is 0.507. The Bertz CT molecular complexity index is 473. The lowest BCUT2D eigenvalue weighted by Gasteiger charge is -2.39. The topological polar surface area (TPSA) is 18.5 Å². The van der Waals surface area contributed by atoms with Gasteiger partial charge in [0, 0.05) is 23.7 Å². The molecule has 27 heavy (non-hydrogen) atoms. The summed E-state index contributed by atoms with van der Waals surface area (Å²) in [7, 11) is 0.